The molecular formula is C20H20Cl2IN3O4. The summed E-state index contributed by atoms with van der Waals surface area (Å²) in [5.74, 6) is -0.859. The van der Waals surface area contributed by atoms with E-state index in [1.54, 1.807) is 32.0 Å². The summed E-state index contributed by atoms with van der Waals surface area (Å²) in [4.78, 5) is 25.1. The molecule has 2 aromatic carbocycles. The molecule has 0 bridgehead atoms. The van der Waals surface area contributed by atoms with Crippen LogP contribution in [0.5, 0.6) is 11.5 Å². The van der Waals surface area contributed by atoms with Crippen molar-refractivity contribution in [2.24, 2.45) is 11.0 Å². The number of nitrogens with one attached hydrogen (secondary N) is 2. The van der Waals surface area contributed by atoms with Crippen LogP contribution < -0.4 is 15.5 Å². The van der Waals surface area contributed by atoms with E-state index >= 15 is 0 Å². The second-order valence-electron chi connectivity index (χ2n) is 6.61. The summed E-state index contributed by atoms with van der Waals surface area (Å²) in [5, 5.41) is 17.1. The highest BCUT2D eigenvalue weighted by molar-refractivity contribution is 14.1. The summed E-state index contributed by atoms with van der Waals surface area (Å²) in [5.41, 5.74) is 3.26. The predicted molar refractivity (Wildman–Crippen MR) is 126 cm³/mol. The molecule has 1 unspecified atom stereocenters. The van der Waals surface area contributed by atoms with Crippen LogP contribution in [0, 0.1) is 9.49 Å². The summed E-state index contributed by atoms with van der Waals surface area (Å²) in [6, 6.07) is 6.92. The second-order valence-corrected chi connectivity index (χ2v) is 8.61. The van der Waals surface area contributed by atoms with E-state index in [1.807, 2.05) is 22.6 Å². The van der Waals surface area contributed by atoms with Gasteiger partial charge in [0.25, 0.3) is 11.8 Å². The number of rotatable bonds is 7. The van der Waals surface area contributed by atoms with Crippen molar-refractivity contribution in [3.63, 3.8) is 0 Å². The lowest BCUT2D eigenvalue weighted by Crippen LogP contribution is -2.48. The lowest BCUT2D eigenvalue weighted by Gasteiger charge is -2.20. The SMILES string of the molecule is COc1cc(C=NNC(=O)C(NC(=O)c2ccc(Cl)cc2Cl)C(C)C)cc(I)c1O. The maximum atomic E-state index is 12.6. The van der Waals surface area contributed by atoms with Crippen LogP contribution >= 0.6 is 45.8 Å². The molecule has 1 atom stereocenters. The molecule has 7 nitrogen and oxygen atoms in total. The van der Waals surface area contributed by atoms with E-state index < -0.39 is 17.9 Å². The number of carbonyl (C=O) groups excluding carboxylic acids is 2. The standard InChI is InChI=1S/C20H20Cl2IN3O4/c1-10(2)17(25-19(28)13-5-4-12(21)8-14(13)22)20(29)26-24-9-11-6-15(23)18(27)16(7-11)30-3/h4-10,17,27H,1-3H3,(H,25,28)(H,26,29). The van der Waals surface area contributed by atoms with Crippen molar-refractivity contribution in [1.29, 1.82) is 0 Å². The highest BCUT2D eigenvalue weighted by Crippen LogP contribution is 2.31. The summed E-state index contributed by atoms with van der Waals surface area (Å²) in [6.45, 7) is 3.59. The van der Waals surface area contributed by atoms with Crippen molar-refractivity contribution in [2.75, 3.05) is 7.11 Å². The van der Waals surface area contributed by atoms with Crippen LogP contribution in [0.4, 0.5) is 0 Å². The fraction of sp³-hybridized carbons (Fsp3) is 0.250. The van der Waals surface area contributed by atoms with Gasteiger partial charge in [-0.3, -0.25) is 9.59 Å². The smallest absolute Gasteiger partial charge is 0.262 e. The van der Waals surface area contributed by atoms with Gasteiger partial charge in [0, 0.05) is 5.02 Å². The predicted octanol–water partition coefficient (Wildman–Crippen LogP) is 4.22. The van der Waals surface area contributed by atoms with Gasteiger partial charge >= 0.3 is 0 Å². The molecule has 10 heteroatoms. The molecule has 0 aliphatic heterocycles. The van der Waals surface area contributed by atoms with Gasteiger partial charge in [0.2, 0.25) is 0 Å². The Labute approximate surface area is 197 Å². The molecule has 3 N–H and O–H groups in total. The Hall–Kier alpha value is -2.04. The minimum Gasteiger partial charge on any atom is -0.504 e. The number of methoxy groups -OCH3 is 1. The minimum absolute atomic E-state index is 0.0303. The van der Waals surface area contributed by atoms with Crippen molar-refractivity contribution < 1.29 is 19.4 Å². The average molecular weight is 564 g/mol. The van der Waals surface area contributed by atoms with Gasteiger partial charge in [0.15, 0.2) is 11.5 Å². The van der Waals surface area contributed by atoms with E-state index in [4.69, 9.17) is 27.9 Å². The fourth-order valence-corrected chi connectivity index (χ4v) is 3.61. The van der Waals surface area contributed by atoms with Crippen molar-refractivity contribution in [3.05, 3.63) is 55.1 Å². The second kappa shape index (κ2) is 10.8. The molecule has 2 aromatic rings. The first-order valence-corrected chi connectivity index (χ1v) is 10.6. The third-order valence-electron chi connectivity index (χ3n) is 4.07. The number of ether oxygens (including phenoxy) is 1. The summed E-state index contributed by atoms with van der Waals surface area (Å²) >= 11 is 13.9. The van der Waals surface area contributed by atoms with Crippen LogP contribution in [0.25, 0.3) is 0 Å². The number of halogens is 3. The van der Waals surface area contributed by atoms with E-state index in [9.17, 15) is 14.7 Å². The summed E-state index contributed by atoms with van der Waals surface area (Å²) in [6.07, 6.45) is 1.41. The van der Waals surface area contributed by atoms with Gasteiger partial charge in [0.1, 0.15) is 6.04 Å². The van der Waals surface area contributed by atoms with E-state index in [0.717, 1.165) is 0 Å². The molecule has 30 heavy (non-hydrogen) atoms. The molecule has 2 amide bonds. The molecule has 0 saturated carbocycles. The number of nitrogens with zero attached hydrogens (tertiary/aromatic N) is 1. The lowest BCUT2D eigenvalue weighted by molar-refractivity contribution is -0.123. The maximum Gasteiger partial charge on any atom is 0.262 e. The molecule has 2 rings (SSSR count). The first kappa shape index (κ1) is 24.2. The van der Waals surface area contributed by atoms with Gasteiger partial charge in [0.05, 0.1) is 27.5 Å². The number of amides is 2. The van der Waals surface area contributed by atoms with Gasteiger partial charge in [-0.05, 0) is 64.4 Å². The van der Waals surface area contributed by atoms with Crippen molar-refractivity contribution in [2.45, 2.75) is 19.9 Å². The zero-order valence-electron chi connectivity index (χ0n) is 16.4. The number of hydrogen-bond donors (Lipinski definition) is 3. The van der Waals surface area contributed by atoms with E-state index in [0.29, 0.717) is 19.9 Å². The third kappa shape index (κ3) is 6.23. The minimum atomic E-state index is -0.837. The van der Waals surface area contributed by atoms with Crippen LogP contribution in [-0.2, 0) is 4.79 Å². The maximum absolute atomic E-state index is 12.6. The highest BCUT2D eigenvalue weighted by atomic mass is 127. The van der Waals surface area contributed by atoms with E-state index in [1.165, 1.54) is 25.5 Å². The number of phenols is 1. The molecular weight excluding hydrogens is 544 g/mol. The van der Waals surface area contributed by atoms with Crippen LogP contribution in [0.3, 0.4) is 0 Å². The van der Waals surface area contributed by atoms with Crippen LogP contribution in [0.15, 0.2) is 35.4 Å². The van der Waals surface area contributed by atoms with Gasteiger partial charge in [-0.15, -0.1) is 0 Å². The normalized spacial score (nSPS) is 12.1. The van der Waals surface area contributed by atoms with Crippen LogP contribution in [-0.4, -0.2) is 36.3 Å². The fourth-order valence-electron chi connectivity index (χ4n) is 2.49. The molecule has 0 radical (unpaired) electrons. The zero-order valence-corrected chi connectivity index (χ0v) is 20.0. The number of carbonyl (C=O) groups is 2. The topological polar surface area (TPSA) is 100 Å². The molecule has 0 spiro atoms. The van der Waals surface area contributed by atoms with E-state index in [2.05, 4.69) is 15.8 Å². The van der Waals surface area contributed by atoms with Gasteiger partial charge < -0.3 is 15.2 Å². The molecule has 160 valence electrons. The Bertz CT molecular complexity index is 983. The quantitative estimate of drug-likeness (QED) is 0.267. The van der Waals surface area contributed by atoms with Crippen molar-refractivity contribution >= 4 is 63.8 Å². The molecule has 0 heterocycles. The molecule has 0 aliphatic carbocycles. The number of phenolic OH excluding ortho intramolecular Hbond substituents is 1. The largest absolute Gasteiger partial charge is 0.504 e. The van der Waals surface area contributed by atoms with Crippen LogP contribution in [0.2, 0.25) is 10.0 Å². The van der Waals surface area contributed by atoms with Gasteiger partial charge in [-0.1, -0.05) is 37.0 Å². The van der Waals surface area contributed by atoms with Crippen molar-refractivity contribution in [1.82, 2.24) is 10.7 Å². The zero-order chi connectivity index (χ0) is 22.4. The van der Waals surface area contributed by atoms with Gasteiger partial charge in [-0.2, -0.15) is 5.10 Å². The monoisotopic (exact) mass is 563 g/mol. The van der Waals surface area contributed by atoms with Gasteiger partial charge in [-0.25, -0.2) is 5.43 Å². The van der Waals surface area contributed by atoms with Crippen molar-refractivity contribution in [3.8, 4) is 11.5 Å². The molecule has 0 fully saturated rings. The molecule has 0 aliphatic rings. The molecule has 0 saturated heterocycles. The Morgan fingerprint density at radius 1 is 1.23 bits per heavy atom. The Morgan fingerprint density at radius 2 is 1.93 bits per heavy atom. The summed E-state index contributed by atoms with van der Waals surface area (Å²) in [7, 11) is 1.44. The highest BCUT2D eigenvalue weighted by Gasteiger charge is 2.25. The number of hydrazone groups is 1. The van der Waals surface area contributed by atoms with E-state index in [-0.39, 0.29) is 22.3 Å². The molecule has 0 aromatic heterocycles. The third-order valence-corrected chi connectivity index (χ3v) is 5.44. The summed E-state index contributed by atoms with van der Waals surface area (Å²) < 4.78 is 5.67. The number of aromatic hydroxyl groups is 1. The number of benzene rings is 2. The Balaban J connectivity index is 2.10. The number of hydrogen-bond acceptors (Lipinski definition) is 5. The Morgan fingerprint density at radius 3 is 2.53 bits per heavy atom. The first-order valence-electron chi connectivity index (χ1n) is 8.79. The Kier molecular flexibility index (Phi) is 8.75. The first-order chi connectivity index (χ1) is 14.1. The average Bonchev–Trinajstić information content (AvgIpc) is 2.68. The lowest BCUT2D eigenvalue weighted by atomic mass is 10.0. The van der Waals surface area contributed by atoms with Crippen LogP contribution in [0.1, 0.15) is 29.8 Å².